The summed E-state index contributed by atoms with van der Waals surface area (Å²) < 4.78 is 43.0. The van der Waals surface area contributed by atoms with Crippen LogP contribution >= 0.6 is 0 Å². The Kier molecular flexibility index (Phi) is 2.50. The Bertz CT molecular complexity index is 536. The number of hydrogen-bond acceptors (Lipinski definition) is 3. The fourth-order valence-electron chi connectivity index (χ4n) is 2.33. The average molecular weight is 272 g/mol. The van der Waals surface area contributed by atoms with Gasteiger partial charge >= 0.3 is 6.18 Å². The maximum atomic E-state index is 12.6. The first-order chi connectivity index (χ1) is 8.91. The van der Waals surface area contributed by atoms with Gasteiger partial charge in [-0.1, -0.05) is 0 Å². The second kappa shape index (κ2) is 3.86. The highest BCUT2D eigenvalue weighted by atomic mass is 19.4. The van der Waals surface area contributed by atoms with E-state index < -0.39 is 17.3 Å². The minimum atomic E-state index is -4.43. The molecule has 1 fully saturated rings. The van der Waals surface area contributed by atoms with Gasteiger partial charge in [0.2, 0.25) is 0 Å². The molecule has 0 saturated carbocycles. The predicted molar refractivity (Wildman–Crippen MR) is 61.9 cm³/mol. The number of hydrogen-bond donors (Lipinski definition) is 2. The summed E-state index contributed by atoms with van der Waals surface area (Å²) in [6.07, 6.45) is -3.93. The number of anilines is 2. The number of halogens is 3. The maximum Gasteiger partial charge on any atom is 0.416 e. The number of carbonyl (C=O) groups excluding carboxylic acids is 1. The summed E-state index contributed by atoms with van der Waals surface area (Å²) in [6.45, 7) is 0.676. The molecule has 19 heavy (non-hydrogen) atoms. The maximum absolute atomic E-state index is 12.6. The number of benzene rings is 1. The summed E-state index contributed by atoms with van der Waals surface area (Å²) >= 11 is 0. The molecule has 2 N–H and O–H groups in total. The Hall–Kier alpha value is -1.76. The average Bonchev–Trinajstić information content (AvgIpc) is 2.78. The Morgan fingerprint density at radius 1 is 1.26 bits per heavy atom. The summed E-state index contributed by atoms with van der Waals surface area (Å²) in [4.78, 5) is 12.0. The Morgan fingerprint density at radius 2 is 2.05 bits per heavy atom. The molecule has 1 aromatic carbocycles. The van der Waals surface area contributed by atoms with Gasteiger partial charge in [-0.2, -0.15) is 13.2 Å². The van der Waals surface area contributed by atoms with E-state index >= 15 is 0 Å². The van der Waals surface area contributed by atoms with Crippen LogP contribution in [0.5, 0.6) is 0 Å². The van der Waals surface area contributed by atoms with Gasteiger partial charge in [-0.05, 0) is 18.2 Å². The SMILES string of the molecule is O=C1Nc2cc(C(F)(F)F)ccc2NC12CCOC2. The van der Waals surface area contributed by atoms with Gasteiger partial charge < -0.3 is 15.4 Å². The number of nitrogens with one attached hydrogen (secondary N) is 2. The Morgan fingerprint density at radius 3 is 2.68 bits per heavy atom. The first-order valence-electron chi connectivity index (χ1n) is 5.79. The molecule has 1 aromatic rings. The third-order valence-electron chi connectivity index (χ3n) is 3.43. The normalized spacial score (nSPS) is 25.9. The van der Waals surface area contributed by atoms with E-state index in [0.29, 0.717) is 18.7 Å². The topological polar surface area (TPSA) is 50.4 Å². The van der Waals surface area contributed by atoms with Crippen LogP contribution in [0.3, 0.4) is 0 Å². The van der Waals surface area contributed by atoms with Crippen LogP contribution < -0.4 is 10.6 Å². The molecular formula is C12H11F3N2O2. The number of rotatable bonds is 0. The van der Waals surface area contributed by atoms with Gasteiger partial charge in [0.25, 0.3) is 5.91 Å². The quantitative estimate of drug-likeness (QED) is 0.761. The van der Waals surface area contributed by atoms with E-state index in [4.69, 9.17) is 4.74 Å². The van der Waals surface area contributed by atoms with Gasteiger partial charge in [-0.15, -0.1) is 0 Å². The monoisotopic (exact) mass is 272 g/mol. The molecule has 1 saturated heterocycles. The van der Waals surface area contributed by atoms with Crippen molar-refractivity contribution < 1.29 is 22.7 Å². The molecule has 2 aliphatic heterocycles. The standard InChI is InChI=1S/C12H11F3N2O2/c13-12(14,15)7-1-2-8-9(5-7)16-10(18)11(17-8)3-4-19-6-11/h1-2,5,17H,3-4,6H2,(H,16,18). The van der Waals surface area contributed by atoms with Crippen molar-refractivity contribution in [1.29, 1.82) is 0 Å². The van der Waals surface area contributed by atoms with Crippen molar-refractivity contribution in [2.24, 2.45) is 0 Å². The second-order valence-electron chi connectivity index (χ2n) is 4.72. The van der Waals surface area contributed by atoms with Crippen molar-refractivity contribution in [2.75, 3.05) is 23.8 Å². The predicted octanol–water partition coefficient (Wildman–Crippen LogP) is 2.23. The van der Waals surface area contributed by atoms with Crippen molar-refractivity contribution in [3.05, 3.63) is 23.8 Å². The van der Waals surface area contributed by atoms with Gasteiger partial charge in [0.05, 0.1) is 23.5 Å². The fraction of sp³-hybridized carbons (Fsp3) is 0.417. The Labute approximate surface area is 106 Å². The molecule has 2 heterocycles. The highest BCUT2D eigenvalue weighted by Gasteiger charge is 2.45. The number of ether oxygens (including phenoxy) is 1. The first kappa shape index (κ1) is 12.3. The van der Waals surface area contributed by atoms with E-state index in [1.54, 1.807) is 0 Å². The molecule has 0 aliphatic carbocycles. The number of amides is 1. The zero-order valence-electron chi connectivity index (χ0n) is 9.80. The minimum absolute atomic E-state index is 0.150. The van der Waals surface area contributed by atoms with Crippen LogP contribution in [0.4, 0.5) is 24.5 Å². The van der Waals surface area contributed by atoms with Crippen molar-refractivity contribution in [1.82, 2.24) is 0 Å². The third kappa shape index (κ3) is 1.94. The summed E-state index contributed by atoms with van der Waals surface area (Å²) in [7, 11) is 0. The second-order valence-corrected chi connectivity index (χ2v) is 4.72. The van der Waals surface area contributed by atoms with Crippen LogP contribution in [0, 0.1) is 0 Å². The van der Waals surface area contributed by atoms with Gasteiger partial charge in [0.1, 0.15) is 5.54 Å². The van der Waals surface area contributed by atoms with E-state index in [1.165, 1.54) is 6.07 Å². The molecule has 1 amide bonds. The molecule has 3 rings (SSSR count). The van der Waals surface area contributed by atoms with Crippen LogP contribution in [0.15, 0.2) is 18.2 Å². The lowest BCUT2D eigenvalue weighted by atomic mass is 9.93. The van der Waals surface area contributed by atoms with Crippen LogP contribution in [-0.2, 0) is 15.7 Å². The molecule has 1 atom stereocenters. The number of alkyl halides is 3. The molecule has 4 nitrogen and oxygen atoms in total. The lowest BCUT2D eigenvalue weighted by molar-refractivity contribution is -0.137. The van der Waals surface area contributed by atoms with E-state index in [-0.39, 0.29) is 18.2 Å². The van der Waals surface area contributed by atoms with Crippen LogP contribution in [0.2, 0.25) is 0 Å². The lowest BCUT2D eigenvalue weighted by Gasteiger charge is -2.34. The largest absolute Gasteiger partial charge is 0.416 e. The lowest BCUT2D eigenvalue weighted by Crippen LogP contribution is -2.53. The van der Waals surface area contributed by atoms with Crippen LogP contribution in [0.1, 0.15) is 12.0 Å². The van der Waals surface area contributed by atoms with Gasteiger partial charge in [-0.25, -0.2) is 0 Å². The van der Waals surface area contributed by atoms with E-state index in [9.17, 15) is 18.0 Å². The summed E-state index contributed by atoms with van der Waals surface area (Å²) in [6, 6.07) is 3.26. The molecule has 1 unspecified atom stereocenters. The minimum Gasteiger partial charge on any atom is -0.378 e. The smallest absolute Gasteiger partial charge is 0.378 e. The molecular weight excluding hydrogens is 261 g/mol. The summed E-state index contributed by atoms with van der Waals surface area (Å²) in [5, 5.41) is 5.52. The molecule has 0 bridgehead atoms. The van der Waals surface area contributed by atoms with Crippen molar-refractivity contribution in [3.8, 4) is 0 Å². The zero-order valence-corrected chi connectivity index (χ0v) is 9.80. The summed E-state index contributed by atoms with van der Waals surface area (Å²) in [5.41, 5.74) is -1.00. The van der Waals surface area contributed by atoms with Crippen LogP contribution in [0.25, 0.3) is 0 Å². The molecule has 0 radical (unpaired) electrons. The molecule has 0 aromatic heterocycles. The van der Waals surface area contributed by atoms with E-state index in [0.717, 1.165) is 12.1 Å². The highest BCUT2D eigenvalue weighted by molar-refractivity contribution is 6.06. The van der Waals surface area contributed by atoms with Gasteiger partial charge in [-0.3, -0.25) is 4.79 Å². The highest BCUT2D eigenvalue weighted by Crippen LogP contribution is 2.39. The van der Waals surface area contributed by atoms with Gasteiger partial charge in [0, 0.05) is 13.0 Å². The molecule has 102 valence electrons. The Balaban J connectivity index is 1.97. The van der Waals surface area contributed by atoms with Crippen LogP contribution in [-0.4, -0.2) is 24.7 Å². The van der Waals surface area contributed by atoms with Crippen molar-refractivity contribution in [2.45, 2.75) is 18.1 Å². The molecule has 7 heteroatoms. The van der Waals surface area contributed by atoms with E-state index in [2.05, 4.69) is 10.6 Å². The van der Waals surface area contributed by atoms with Crippen molar-refractivity contribution >= 4 is 17.3 Å². The third-order valence-corrected chi connectivity index (χ3v) is 3.43. The molecule has 1 spiro atoms. The van der Waals surface area contributed by atoms with Crippen molar-refractivity contribution in [3.63, 3.8) is 0 Å². The number of carbonyl (C=O) groups is 1. The first-order valence-corrected chi connectivity index (χ1v) is 5.79. The zero-order chi connectivity index (χ0) is 13.7. The van der Waals surface area contributed by atoms with Gasteiger partial charge in [0.15, 0.2) is 0 Å². The fourth-order valence-corrected chi connectivity index (χ4v) is 2.33. The molecule has 2 aliphatic rings. The number of fused-ring (bicyclic) bond motifs is 1. The summed E-state index contributed by atoms with van der Waals surface area (Å²) in [5.74, 6) is -0.350. The van der Waals surface area contributed by atoms with E-state index in [1.807, 2.05) is 0 Å².